The van der Waals surface area contributed by atoms with E-state index in [1.807, 2.05) is 0 Å². The zero-order valence-corrected chi connectivity index (χ0v) is 15.2. The predicted octanol–water partition coefficient (Wildman–Crippen LogP) is 5.75. The van der Waals surface area contributed by atoms with Gasteiger partial charge < -0.3 is 0 Å². The van der Waals surface area contributed by atoms with E-state index in [4.69, 9.17) is 4.84 Å². The van der Waals surface area contributed by atoms with Crippen LogP contribution in [0.25, 0.3) is 0 Å². The van der Waals surface area contributed by atoms with E-state index < -0.39 is 0 Å². The topological polar surface area (TPSA) is 12.5 Å². The molecule has 2 rings (SSSR count). The Morgan fingerprint density at radius 1 is 1.18 bits per heavy atom. The second-order valence-electron chi connectivity index (χ2n) is 7.41. The molecule has 2 nitrogen and oxygen atoms in total. The van der Waals surface area contributed by atoms with Crippen LogP contribution >= 0.6 is 0 Å². The van der Waals surface area contributed by atoms with E-state index in [-0.39, 0.29) is 11.6 Å². The van der Waals surface area contributed by atoms with Crippen LogP contribution in [0.4, 0.5) is 0 Å². The van der Waals surface area contributed by atoms with Crippen LogP contribution in [0.5, 0.6) is 0 Å². The largest absolute Gasteiger partial charge is 0.290 e. The summed E-state index contributed by atoms with van der Waals surface area (Å²) in [5.41, 5.74) is 1.64. The van der Waals surface area contributed by atoms with Crippen LogP contribution in [-0.2, 0) is 4.84 Å². The summed E-state index contributed by atoms with van der Waals surface area (Å²) in [6.07, 6.45) is 4.90. The quantitative estimate of drug-likeness (QED) is 0.687. The first kappa shape index (κ1) is 17.5. The smallest absolute Gasteiger partial charge is 0.101 e. The highest BCUT2D eigenvalue weighted by Crippen LogP contribution is 2.50. The molecule has 0 radical (unpaired) electrons. The van der Waals surface area contributed by atoms with E-state index in [1.54, 1.807) is 0 Å². The Hall–Kier alpha value is -0.860. The fourth-order valence-corrected chi connectivity index (χ4v) is 3.98. The molecule has 1 fully saturated rings. The van der Waals surface area contributed by atoms with Crippen molar-refractivity contribution in [1.82, 2.24) is 5.06 Å². The molecule has 0 N–H and O–H groups in total. The summed E-state index contributed by atoms with van der Waals surface area (Å²) in [4.78, 5) is 6.53. The number of benzene rings is 1. The van der Waals surface area contributed by atoms with Gasteiger partial charge in [-0.2, -0.15) is 5.06 Å². The molecular formula is C20H33NO. The maximum absolute atomic E-state index is 6.53. The second kappa shape index (κ2) is 6.72. The Morgan fingerprint density at radius 2 is 1.82 bits per heavy atom. The van der Waals surface area contributed by atoms with Gasteiger partial charge in [-0.05, 0) is 57.4 Å². The fourth-order valence-electron chi connectivity index (χ4n) is 3.98. The van der Waals surface area contributed by atoms with Crippen molar-refractivity contribution in [2.24, 2.45) is 5.41 Å². The summed E-state index contributed by atoms with van der Waals surface area (Å²) < 4.78 is 0. The van der Waals surface area contributed by atoms with Gasteiger partial charge in [0.25, 0.3) is 0 Å². The van der Waals surface area contributed by atoms with Crippen molar-refractivity contribution in [2.45, 2.75) is 84.9 Å². The van der Waals surface area contributed by atoms with E-state index in [2.05, 4.69) is 76.9 Å². The lowest BCUT2D eigenvalue weighted by molar-refractivity contribution is -0.310. The van der Waals surface area contributed by atoms with E-state index >= 15 is 0 Å². The highest BCUT2D eigenvalue weighted by Gasteiger charge is 2.52. The molecule has 0 aromatic heterocycles. The number of hydrogen-bond acceptors (Lipinski definition) is 2. The molecule has 1 heterocycles. The monoisotopic (exact) mass is 303 g/mol. The fraction of sp³-hybridized carbons (Fsp3) is 0.700. The maximum Gasteiger partial charge on any atom is 0.101 e. The van der Waals surface area contributed by atoms with Gasteiger partial charge in [0.15, 0.2) is 0 Å². The lowest BCUT2D eigenvalue weighted by Crippen LogP contribution is -2.62. The molecule has 22 heavy (non-hydrogen) atoms. The average molecular weight is 303 g/mol. The zero-order valence-electron chi connectivity index (χ0n) is 15.2. The zero-order chi connectivity index (χ0) is 16.4. The summed E-state index contributed by atoms with van der Waals surface area (Å²) in [7, 11) is 0. The van der Waals surface area contributed by atoms with Gasteiger partial charge in [0.2, 0.25) is 0 Å². The Labute approximate surface area is 136 Å². The van der Waals surface area contributed by atoms with Crippen LogP contribution in [0.2, 0.25) is 0 Å². The first-order valence-corrected chi connectivity index (χ1v) is 8.89. The number of nitrogens with zero attached hydrogens (tertiary/aromatic N) is 1. The van der Waals surface area contributed by atoms with Gasteiger partial charge in [-0.15, -0.1) is 0 Å². The molecule has 0 spiro atoms. The summed E-state index contributed by atoms with van der Waals surface area (Å²) in [5, 5.41) is 2.33. The molecule has 2 heteroatoms. The lowest BCUT2D eigenvalue weighted by atomic mass is 9.62. The number of hydroxylamine groups is 2. The Bertz CT molecular complexity index is 474. The van der Waals surface area contributed by atoms with Gasteiger partial charge in [-0.25, -0.2) is 0 Å². The molecular weight excluding hydrogens is 270 g/mol. The third-order valence-electron chi connectivity index (χ3n) is 6.31. The van der Waals surface area contributed by atoms with Crippen LogP contribution < -0.4 is 0 Å². The summed E-state index contributed by atoms with van der Waals surface area (Å²) in [5.74, 6) is 0. The summed E-state index contributed by atoms with van der Waals surface area (Å²) in [6, 6.07) is 11.0. The summed E-state index contributed by atoms with van der Waals surface area (Å²) >= 11 is 0. The molecule has 1 saturated heterocycles. The van der Waals surface area contributed by atoms with Crippen LogP contribution in [0.3, 0.4) is 0 Å². The molecule has 1 aliphatic heterocycles. The molecule has 1 aliphatic rings. The minimum Gasteiger partial charge on any atom is -0.290 e. The third kappa shape index (κ3) is 2.96. The maximum atomic E-state index is 6.53. The van der Waals surface area contributed by atoms with E-state index in [0.717, 1.165) is 6.42 Å². The Kier molecular flexibility index (Phi) is 5.34. The molecule has 0 saturated carbocycles. The molecule has 1 aromatic rings. The van der Waals surface area contributed by atoms with E-state index in [0.29, 0.717) is 11.5 Å². The lowest BCUT2D eigenvalue weighted by Gasteiger charge is -2.58. The van der Waals surface area contributed by atoms with E-state index in [1.165, 1.54) is 24.8 Å². The molecule has 0 bridgehead atoms. The normalized spacial score (nSPS) is 34.5. The Morgan fingerprint density at radius 3 is 2.36 bits per heavy atom. The van der Waals surface area contributed by atoms with Crippen molar-refractivity contribution >= 4 is 0 Å². The predicted molar refractivity (Wildman–Crippen MR) is 93.6 cm³/mol. The average Bonchev–Trinajstić information content (AvgIpc) is 2.55. The highest BCUT2D eigenvalue weighted by atomic mass is 16.7. The summed E-state index contributed by atoms with van der Waals surface area (Å²) in [6.45, 7) is 13.9. The number of hydrogen-bond donors (Lipinski definition) is 0. The number of piperidine rings is 1. The van der Waals surface area contributed by atoms with Gasteiger partial charge in [0.05, 0.1) is 0 Å². The SMILES string of the molecule is CCC1(C)CCC(C)N(OC(C)c2ccccc2)C1(C)CC. The third-order valence-corrected chi connectivity index (χ3v) is 6.31. The van der Waals surface area contributed by atoms with Gasteiger partial charge in [0, 0.05) is 11.6 Å². The molecule has 124 valence electrons. The van der Waals surface area contributed by atoms with Crippen LogP contribution in [0.15, 0.2) is 30.3 Å². The van der Waals surface area contributed by atoms with Crippen molar-refractivity contribution in [2.75, 3.05) is 0 Å². The van der Waals surface area contributed by atoms with Crippen LogP contribution in [0, 0.1) is 5.41 Å². The Balaban J connectivity index is 2.26. The molecule has 1 aromatic carbocycles. The van der Waals surface area contributed by atoms with Crippen molar-refractivity contribution in [3.63, 3.8) is 0 Å². The van der Waals surface area contributed by atoms with Crippen LogP contribution in [-0.4, -0.2) is 16.6 Å². The minimum absolute atomic E-state index is 0.0858. The second-order valence-corrected chi connectivity index (χ2v) is 7.41. The van der Waals surface area contributed by atoms with Gasteiger partial charge >= 0.3 is 0 Å². The first-order chi connectivity index (χ1) is 10.4. The molecule has 0 aliphatic carbocycles. The van der Waals surface area contributed by atoms with Gasteiger partial charge in [-0.3, -0.25) is 4.84 Å². The standard InChI is InChI=1S/C20H33NO/c1-7-19(5)15-14-16(3)21(20(19,6)8-2)22-17(4)18-12-10-9-11-13-18/h9-13,16-17H,7-8,14-15H2,1-6H3. The molecule has 0 amide bonds. The molecule has 4 atom stereocenters. The highest BCUT2D eigenvalue weighted by molar-refractivity contribution is 5.17. The number of rotatable bonds is 5. The van der Waals surface area contributed by atoms with Crippen molar-refractivity contribution in [3.8, 4) is 0 Å². The van der Waals surface area contributed by atoms with Crippen LogP contribution in [0.1, 0.15) is 78.9 Å². The van der Waals surface area contributed by atoms with Gasteiger partial charge in [-0.1, -0.05) is 51.1 Å². The van der Waals surface area contributed by atoms with E-state index in [9.17, 15) is 0 Å². The van der Waals surface area contributed by atoms with Gasteiger partial charge in [0.1, 0.15) is 6.10 Å². The minimum atomic E-state index is 0.0858. The molecule has 4 unspecified atom stereocenters. The van der Waals surface area contributed by atoms with Crippen molar-refractivity contribution < 1.29 is 4.84 Å². The van der Waals surface area contributed by atoms with Crippen molar-refractivity contribution in [1.29, 1.82) is 0 Å². The van der Waals surface area contributed by atoms with Crippen molar-refractivity contribution in [3.05, 3.63) is 35.9 Å². The first-order valence-electron chi connectivity index (χ1n) is 8.89.